The van der Waals surface area contributed by atoms with Gasteiger partial charge in [0.2, 0.25) is 0 Å². The third-order valence-corrected chi connectivity index (χ3v) is 13.2. The van der Waals surface area contributed by atoms with Gasteiger partial charge in [-0.15, -0.1) is 0 Å². The minimum atomic E-state index is -0.800. The van der Waals surface area contributed by atoms with Crippen LogP contribution in [0.1, 0.15) is 290 Å². The number of rotatable bonds is 56. The van der Waals surface area contributed by atoms with E-state index in [1.54, 1.807) is 0 Å². The Labute approximate surface area is 463 Å². The molecule has 6 heteroatoms. The summed E-state index contributed by atoms with van der Waals surface area (Å²) >= 11 is 0. The number of ether oxygens (including phenoxy) is 3. The highest BCUT2D eigenvalue weighted by molar-refractivity contribution is 5.71. The Balaban J connectivity index is 4.46. The van der Waals surface area contributed by atoms with Gasteiger partial charge >= 0.3 is 17.9 Å². The zero-order chi connectivity index (χ0) is 54.3. The van der Waals surface area contributed by atoms with E-state index >= 15 is 0 Å². The van der Waals surface area contributed by atoms with Crippen LogP contribution in [0.5, 0.6) is 0 Å². The van der Waals surface area contributed by atoms with Gasteiger partial charge < -0.3 is 14.2 Å². The number of carbonyl (C=O) groups is 3. The first-order valence-electron chi connectivity index (χ1n) is 31.4. The van der Waals surface area contributed by atoms with Gasteiger partial charge in [-0.2, -0.15) is 0 Å². The van der Waals surface area contributed by atoms with Crippen molar-refractivity contribution in [3.8, 4) is 0 Å². The van der Waals surface area contributed by atoms with Gasteiger partial charge in [0.25, 0.3) is 0 Å². The summed E-state index contributed by atoms with van der Waals surface area (Å²) in [6.45, 7) is 6.40. The molecule has 0 aliphatic heterocycles. The van der Waals surface area contributed by atoms with Gasteiger partial charge in [0.1, 0.15) is 13.2 Å². The molecule has 0 spiro atoms. The second kappa shape index (κ2) is 62.6. The Kier molecular flexibility index (Phi) is 59.3. The average Bonchev–Trinajstić information content (AvgIpc) is 3.41. The first kappa shape index (κ1) is 71.1. The van der Waals surface area contributed by atoms with Crippen molar-refractivity contribution in [3.05, 3.63) is 109 Å². The lowest BCUT2D eigenvalue weighted by molar-refractivity contribution is -0.167. The molecule has 0 aliphatic carbocycles. The molecule has 0 fully saturated rings. The molecule has 1 unspecified atom stereocenters. The smallest absolute Gasteiger partial charge is 0.306 e. The number of hydrogen-bond acceptors (Lipinski definition) is 6. The summed E-state index contributed by atoms with van der Waals surface area (Å²) in [5.74, 6) is -0.930. The maximum Gasteiger partial charge on any atom is 0.306 e. The molecule has 428 valence electrons. The van der Waals surface area contributed by atoms with E-state index in [1.807, 2.05) is 0 Å². The summed E-state index contributed by atoms with van der Waals surface area (Å²) in [5, 5.41) is 0. The van der Waals surface area contributed by atoms with E-state index in [4.69, 9.17) is 14.2 Å². The SMILES string of the molecule is CC/C=C\C/C=C\C/C=C\C/C=C\C/C=C\CCCCCC(=O)OCC(COC(=O)CCCCCCCCC/C=C\CCCCCCCCCC)OC(=O)CCCCCCCCCCC/C=C\C/C=C\C/C=C\CC. The van der Waals surface area contributed by atoms with E-state index in [-0.39, 0.29) is 31.1 Å². The van der Waals surface area contributed by atoms with Crippen molar-refractivity contribution in [3.63, 3.8) is 0 Å². The van der Waals surface area contributed by atoms with E-state index in [2.05, 4.69) is 130 Å². The summed E-state index contributed by atoms with van der Waals surface area (Å²) < 4.78 is 16.9. The number of esters is 3. The number of hydrogen-bond donors (Lipinski definition) is 0. The predicted octanol–water partition coefficient (Wildman–Crippen LogP) is 21.4. The van der Waals surface area contributed by atoms with Crippen LogP contribution in [0, 0.1) is 0 Å². The van der Waals surface area contributed by atoms with Crippen LogP contribution < -0.4 is 0 Å². The van der Waals surface area contributed by atoms with Gasteiger partial charge in [0.05, 0.1) is 0 Å². The van der Waals surface area contributed by atoms with Gasteiger partial charge in [-0.1, -0.05) is 259 Å². The lowest BCUT2D eigenvalue weighted by atomic mass is 10.1. The van der Waals surface area contributed by atoms with Gasteiger partial charge in [-0.25, -0.2) is 0 Å². The van der Waals surface area contributed by atoms with Crippen molar-refractivity contribution in [2.75, 3.05) is 13.2 Å². The van der Waals surface area contributed by atoms with E-state index in [0.717, 1.165) is 122 Å². The number of allylic oxidation sites excluding steroid dienone is 18. The van der Waals surface area contributed by atoms with Crippen LogP contribution in [0.3, 0.4) is 0 Å². The summed E-state index contributed by atoms with van der Waals surface area (Å²) in [5.41, 5.74) is 0. The first-order valence-corrected chi connectivity index (χ1v) is 31.4. The molecule has 1 atom stereocenters. The van der Waals surface area contributed by atoms with Crippen LogP contribution in [0.4, 0.5) is 0 Å². The Hall–Kier alpha value is -3.93. The summed E-state index contributed by atoms with van der Waals surface area (Å²) in [4.78, 5) is 38.3. The highest BCUT2D eigenvalue weighted by Crippen LogP contribution is 2.15. The Morgan fingerprint density at radius 2 is 0.520 bits per heavy atom. The van der Waals surface area contributed by atoms with Crippen molar-refractivity contribution in [1.29, 1.82) is 0 Å². The minimum absolute atomic E-state index is 0.0937. The molecule has 0 N–H and O–H groups in total. The highest BCUT2D eigenvalue weighted by Gasteiger charge is 2.19. The fourth-order valence-electron chi connectivity index (χ4n) is 8.60. The maximum atomic E-state index is 12.9. The number of unbranched alkanes of at least 4 members (excludes halogenated alkanes) is 27. The molecular formula is C69H116O6. The summed E-state index contributed by atoms with van der Waals surface area (Å²) in [7, 11) is 0. The molecule has 0 aromatic carbocycles. The molecule has 0 bridgehead atoms. The van der Waals surface area contributed by atoms with E-state index in [0.29, 0.717) is 19.3 Å². The Morgan fingerprint density at radius 1 is 0.280 bits per heavy atom. The molecule has 0 radical (unpaired) electrons. The second-order valence-electron chi connectivity index (χ2n) is 20.5. The molecule has 0 aromatic heterocycles. The lowest BCUT2D eigenvalue weighted by Crippen LogP contribution is -2.30. The van der Waals surface area contributed by atoms with Crippen LogP contribution in [-0.4, -0.2) is 37.2 Å². The molecule has 0 amide bonds. The molecule has 0 aromatic rings. The van der Waals surface area contributed by atoms with Crippen molar-refractivity contribution in [2.45, 2.75) is 297 Å². The second-order valence-corrected chi connectivity index (χ2v) is 20.5. The summed E-state index contributed by atoms with van der Waals surface area (Å²) in [6, 6.07) is 0. The molecule has 0 aliphatic rings. The third kappa shape index (κ3) is 60.8. The van der Waals surface area contributed by atoms with Gasteiger partial charge in [-0.3, -0.25) is 14.4 Å². The fraction of sp³-hybridized carbons (Fsp3) is 0.696. The molecule has 0 heterocycles. The fourth-order valence-corrected chi connectivity index (χ4v) is 8.60. The lowest BCUT2D eigenvalue weighted by Gasteiger charge is -2.18. The molecular weight excluding hydrogens is 925 g/mol. The van der Waals surface area contributed by atoms with Gasteiger partial charge in [0.15, 0.2) is 6.10 Å². The van der Waals surface area contributed by atoms with Crippen LogP contribution >= 0.6 is 0 Å². The third-order valence-electron chi connectivity index (χ3n) is 13.2. The molecule has 0 saturated carbocycles. The van der Waals surface area contributed by atoms with Crippen LogP contribution in [0.15, 0.2) is 109 Å². The van der Waals surface area contributed by atoms with Crippen LogP contribution in [-0.2, 0) is 28.6 Å². The average molecular weight is 1040 g/mol. The molecule has 0 rings (SSSR count). The Bertz CT molecular complexity index is 1520. The highest BCUT2D eigenvalue weighted by atomic mass is 16.6. The quantitative estimate of drug-likeness (QED) is 0.0261. The summed E-state index contributed by atoms with van der Waals surface area (Å²) in [6.07, 6.45) is 85.1. The maximum absolute atomic E-state index is 12.9. The van der Waals surface area contributed by atoms with Gasteiger partial charge in [-0.05, 0) is 122 Å². The van der Waals surface area contributed by atoms with E-state index in [9.17, 15) is 14.4 Å². The zero-order valence-corrected chi connectivity index (χ0v) is 49.0. The van der Waals surface area contributed by atoms with Crippen molar-refractivity contribution in [2.24, 2.45) is 0 Å². The van der Waals surface area contributed by atoms with Crippen LogP contribution in [0.25, 0.3) is 0 Å². The van der Waals surface area contributed by atoms with Crippen LogP contribution in [0.2, 0.25) is 0 Å². The normalized spacial score (nSPS) is 12.8. The zero-order valence-electron chi connectivity index (χ0n) is 49.0. The van der Waals surface area contributed by atoms with Gasteiger partial charge in [0, 0.05) is 19.3 Å². The minimum Gasteiger partial charge on any atom is -0.462 e. The Morgan fingerprint density at radius 3 is 0.840 bits per heavy atom. The first-order chi connectivity index (χ1) is 37.0. The standard InChI is InChI=1S/C69H116O6/c1-4-7-10-13-16-19-22-25-28-31-34-37-40-43-46-49-52-55-58-61-67(70)73-64-66(75-69(72)63-60-57-54-51-48-45-42-39-36-33-30-27-24-21-18-15-12-9-6-3)65-74-68(71)62-59-56-53-50-47-44-41-38-35-32-29-26-23-20-17-14-11-8-5-2/h7,9-10,12,16,18-19,21,25,27-28,30,32,34-35,37,43,46,66H,4-6,8,11,13-15,17,20,22-24,26,29,31,33,36,38-42,44-45,47-65H2,1-3H3/b10-7-,12-9-,19-16-,21-18-,28-25-,30-27-,35-32-,37-34-,46-43-. The van der Waals surface area contributed by atoms with Crippen molar-refractivity contribution < 1.29 is 28.6 Å². The van der Waals surface area contributed by atoms with E-state index in [1.165, 1.54) is 128 Å². The monoisotopic (exact) mass is 1040 g/mol. The largest absolute Gasteiger partial charge is 0.462 e. The number of carbonyl (C=O) groups excluding carboxylic acids is 3. The molecule has 6 nitrogen and oxygen atoms in total. The molecule has 75 heavy (non-hydrogen) atoms. The van der Waals surface area contributed by atoms with Crippen molar-refractivity contribution >= 4 is 17.9 Å². The van der Waals surface area contributed by atoms with E-state index < -0.39 is 6.10 Å². The van der Waals surface area contributed by atoms with Crippen molar-refractivity contribution in [1.82, 2.24) is 0 Å². The predicted molar refractivity (Wildman–Crippen MR) is 325 cm³/mol. The molecule has 0 saturated heterocycles. The topological polar surface area (TPSA) is 78.9 Å².